The lowest BCUT2D eigenvalue weighted by molar-refractivity contribution is 0.362. The van der Waals surface area contributed by atoms with Gasteiger partial charge in [0.1, 0.15) is 0 Å². The van der Waals surface area contributed by atoms with Gasteiger partial charge in [-0.05, 0) is 52.8 Å². The van der Waals surface area contributed by atoms with Gasteiger partial charge in [-0.25, -0.2) is 0 Å². The van der Waals surface area contributed by atoms with Crippen molar-refractivity contribution in [1.82, 2.24) is 0 Å². The highest BCUT2D eigenvalue weighted by Gasteiger charge is 2.46. The quantitative estimate of drug-likeness (QED) is 0.654. The Labute approximate surface area is 110 Å². The number of fused-ring (bicyclic) bond motifs is 3. The van der Waals surface area contributed by atoms with E-state index in [0.717, 1.165) is 5.92 Å². The monoisotopic (exact) mass is 260 g/mol. The van der Waals surface area contributed by atoms with Gasteiger partial charge in [0.05, 0.1) is 0 Å². The minimum atomic E-state index is 0.321. The first-order valence-electron chi connectivity index (χ1n) is 6.48. The topological polar surface area (TPSA) is 0 Å². The molecule has 1 saturated carbocycles. The molecular formula is C15H16S2. The second kappa shape index (κ2) is 3.46. The standard InChI is InChI=1S/C15H16S2/c1-15(10-4-2-3-5-10)11-6-8-16-13(11)14-12(15)7-9-17-14/h6-10H,2-5H2,1H3. The SMILES string of the molecule is CC1(C2CCCC2)c2ccsc2-c2sccc21. The molecule has 2 aliphatic carbocycles. The van der Waals surface area contributed by atoms with Crippen molar-refractivity contribution in [3.8, 4) is 9.75 Å². The van der Waals surface area contributed by atoms with Gasteiger partial charge in [0, 0.05) is 15.2 Å². The average molecular weight is 260 g/mol. The van der Waals surface area contributed by atoms with Gasteiger partial charge in [-0.2, -0.15) is 0 Å². The molecule has 0 unspecified atom stereocenters. The van der Waals surface area contributed by atoms with Gasteiger partial charge in [0.15, 0.2) is 0 Å². The zero-order valence-corrected chi connectivity index (χ0v) is 11.7. The van der Waals surface area contributed by atoms with Crippen LogP contribution in [0, 0.1) is 5.92 Å². The highest BCUT2D eigenvalue weighted by Crippen LogP contribution is 2.59. The lowest BCUT2D eigenvalue weighted by atomic mass is 9.70. The predicted octanol–water partition coefficient (Wildman–Crippen LogP) is 5.29. The third-order valence-electron chi connectivity index (χ3n) is 4.83. The lowest BCUT2D eigenvalue weighted by Gasteiger charge is -2.32. The van der Waals surface area contributed by atoms with Gasteiger partial charge in [0.25, 0.3) is 0 Å². The molecule has 0 atom stereocenters. The normalized spacial score (nSPS) is 21.7. The summed E-state index contributed by atoms with van der Waals surface area (Å²) >= 11 is 3.86. The second-order valence-electron chi connectivity index (χ2n) is 5.51. The van der Waals surface area contributed by atoms with Crippen molar-refractivity contribution < 1.29 is 0 Å². The van der Waals surface area contributed by atoms with E-state index in [4.69, 9.17) is 0 Å². The number of hydrogen-bond donors (Lipinski definition) is 0. The first-order valence-corrected chi connectivity index (χ1v) is 8.24. The van der Waals surface area contributed by atoms with Crippen LogP contribution in [0.4, 0.5) is 0 Å². The molecule has 0 spiro atoms. The van der Waals surface area contributed by atoms with E-state index in [2.05, 4.69) is 29.8 Å². The molecule has 17 heavy (non-hydrogen) atoms. The Hall–Kier alpha value is -0.600. The fourth-order valence-electron chi connectivity index (χ4n) is 3.88. The van der Waals surface area contributed by atoms with Crippen molar-refractivity contribution in [1.29, 1.82) is 0 Å². The van der Waals surface area contributed by atoms with E-state index in [0.29, 0.717) is 5.41 Å². The summed E-state index contributed by atoms with van der Waals surface area (Å²) in [4.78, 5) is 3.12. The zero-order chi connectivity index (χ0) is 11.5. The fourth-order valence-corrected chi connectivity index (χ4v) is 6.09. The lowest BCUT2D eigenvalue weighted by Crippen LogP contribution is -2.29. The Balaban J connectivity index is 1.97. The Morgan fingerprint density at radius 1 is 1.00 bits per heavy atom. The number of rotatable bonds is 1. The summed E-state index contributed by atoms with van der Waals surface area (Å²) in [5.74, 6) is 0.867. The maximum absolute atomic E-state index is 2.49. The van der Waals surface area contributed by atoms with E-state index in [9.17, 15) is 0 Å². The molecule has 0 aromatic carbocycles. The molecule has 2 heterocycles. The van der Waals surface area contributed by atoms with Crippen molar-refractivity contribution in [2.24, 2.45) is 5.92 Å². The van der Waals surface area contributed by atoms with E-state index in [1.807, 2.05) is 22.7 Å². The minimum Gasteiger partial charge on any atom is -0.143 e. The third kappa shape index (κ3) is 1.18. The summed E-state index contributed by atoms with van der Waals surface area (Å²) in [6, 6.07) is 4.76. The van der Waals surface area contributed by atoms with Crippen LogP contribution in [0.25, 0.3) is 9.75 Å². The maximum Gasteiger partial charge on any atom is 0.0486 e. The predicted molar refractivity (Wildman–Crippen MR) is 76.0 cm³/mol. The zero-order valence-electron chi connectivity index (χ0n) is 10.0. The summed E-state index contributed by atoms with van der Waals surface area (Å²) in [6.45, 7) is 2.49. The molecule has 2 aliphatic rings. The molecule has 0 amide bonds. The maximum atomic E-state index is 2.49. The molecule has 2 aromatic heterocycles. The van der Waals surface area contributed by atoms with Crippen LogP contribution >= 0.6 is 22.7 Å². The van der Waals surface area contributed by atoms with Crippen molar-refractivity contribution in [3.05, 3.63) is 34.0 Å². The van der Waals surface area contributed by atoms with Crippen LogP contribution in [-0.4, -0.2) is 0 Å². The van der Waals surface area contributed by atoms with Crippen LogP contribution in [0.3, 0.4) is 0 Å². The van der Waals surface area contributed by atoms with Gasteiger partial charge in [-0.15, -0.1) is 22.7 Å². The molecule has 0 radical (unpaired) electrons. The smallest absolute Gasteiger partial charge is 0.0486 e. The van der Waals surface area contributed by atoms with Crippen LogP contribution in [0.15, 0.2) is 22.9 Å². The molecule has 2 aromatic rings. The molecule has 4 rings (SSSR count). The molecule has 0 nitrogen and oxygen atoms in total. The van der Waals surface area contributed by atoms with Crippen molar-refractivity contribution in [2.45, 2.75) is 38.0 Å². The van der Waals surface area contributed by atoms with Crippen molar-refractivity contribution in [2.75, 3.05) is 0 Å². The van der Waals surface area contributed by atoms with E-state index >= 15 is 0 Å². The number of hydrogen-bond acceptors (Lipinski definition) is 2. The average Bonchev–Trinajstić information content (AvgIpc) is 3.06. The molecule has 88 valence electrons. The van der Waals surface area contributed by atoms with Gasteiger partial charge in [-0.3, -0.25) is 0 Å². The molecule has 1 fully saturated rings. The Morgan fingerprint density at radius 2 is 1.53 bits per heavy atom. The van der Waals surface area contributed by atoms with Crippen molar-refractivity contribution in [3.63, 3.8) is 0 Å². The molecule has 2 heteroatoms. The van der Waals surface area contributed by atoms with Gasteiger partial charge in [0.2, 0.25) is 0 Å². The van der Waals surface area contributed by atoms with E-state index in [1.165, 1.54) is 25.7 Å². The molecule has 0 saturated heterocycles. The first-order chi connectivity index (χ1) is 8.32. The van der Waals surface area contributed by atoms with Gasteiger partial charge < -0.3 is 0 Å². The highest BCUT2D eigenvalue weighted by atomic mass is 32.1. The first kappa shape index (κ1) is 10.3. The minimum absolute atomic E-state index is 0.321. The summed E-state index contributed by atoms with van der Waals surface area (Å²) in [6.07, 6.45) is 5.69. The molecule has 0 aliphatic heterocycles. The summed E-state index contributed by atoms with van der Waals surface area (Å²) in [5, 5.41) is 4.56. The van der Waals surface area contributed by atoms with Crippen molar-refractivity contribution >= 4 is 22.7 Å². The van der Waals surface area contributed by atoms with Crippen LogP contribution in [0.2, 0.25) is 0 Å². The third-order valence-corrected chi connectivity index (χ3v) is 6.82. The van der Waals surface area contributed by atoms with E-state index in [-0.39, 0.29) is 0 Å². The van der Waals surface area contributed by atoms with Gasteiger partial charge in [-0.1, -0.05) is 19.8 Å². The van der Waals surface area contributed by atoms with Crippen LogP contribution in [0.5, 0.6) is 0 Å². The summed E-state index contributed by atoms with van der Waals surface area (Å²) in [7, 11) is 0. The summed E-state index contributed by atoms with van der Waals surface area (Å²) in [5.41, 5.74) is 3.56. The molecule has 0 N–H and O–H groups in total. The Kier molecular flexibility index (Phi) is 2.10. The number of thiophene rings is 2. The van der Waals surface area contributed by atoms with Crippen LogP contribution in [0.1, 0.15) is 43.7 Å². The molecular weight excluding hydrogens is 244 g/mol. The van der Waals surface area contributed by atoms with E-state index in [1.54, 1.807) is 20.9 Å². The van der Waals surface area contributed by atoms with Crippen LogP contribution in [-0.2, 0) is 5.41 Å². The van der Waals surface area contributed by atoms with Crippen LogP contribution < -0.4 is 0 Å². The largest absolute Gasteiger partial charge is 0.143 e. The second-order valence-corrected chi connectivity index (χ2v) is 7.34. The Morgan fingerprint density at radius 3 is 2.06 bits per heavy atom. The fraction of sp³-hybridized carbons (Fsp3) is 0.467. The summed E-state index contributed by atoms with van der Waals surface area (Å²) < 4.78 is 0. The Bertz CT molecular complexity index is 515. The molecule has 0 bridgehead atoms. The highest BCUT2D eigenvalue weighted by molar-refractivity contribution is 7.21. The van der Waals surface area contributed by atoms with E-state index < -0.39 is 0 Å². The van der Waals surface area contributed by atoms with Gasteiger partial charge >= 0.3 is 0 Å².